The van der Waals surface area contributed by atoms with Crippen LogP contribution in [0, 0.1) is 6.92 Å². The van der Waals surface area contributed by atoms with Gasteiger partial charge in [-0.3, -0.25) is 0 Å². The number of nitrogens with zero attached hydrogens (tertiary/aromatic N) is 2. The van der Waals surface area contributed by atoms with E-state index in [0.717, 1.165) is 13.1 Å². The minimum absolute atomic E-state index is 0.241. The second-order valence-electron chi connectivity index (χ2n) is 6.26. The van der Waals surface area contributed by atoms with Gasteiger partial charge in [0.25, 0.3) is 0 Å². The number of hydrogen-bond donors (Lipinski definition) is 1. The molecule has 1 heterocycles. The van der Waals surface area contributed by atoms with Crippen LogP contribution in [0.2, 0.25) is 15.1 Å². The maximum atomic E-state index is 13.4. The Morgan fingerprint density at radius 3 is 2.26 bits per heavy atom. The van der Waals surface area contributed by atoms with Crippen LogP contribution in [0.5, 0.6) is 5.75 Å². The molecule has 5 nitrogen and oxygen atoms in total. The van der Waals surface area contributed by atoms with E-state index in [4.69, 9.17) is 39.3 Å². The highest BCUT2D eigenvalue weighted by molar-refractivity contribution is 7.54. The smallest absolute Gasteiger partial charge is 0.393 e. The van der Waals surface area contributed by atoms with Crippen molar-refractivity contribution < 1.29 is 9.09 Å². The average Bonchev–Trinajstić information content (AvgIpc) is 2.66. The molecule has 1 aliphatic heterocycles. The van der Waals surface area contributed by atoms with Gasteiger partial charge in [0.15, 0.2) is 0 Å². The molecule has 1 N–H and O–H groups in total. The number of benzene rings is 2. The Hall–Kier alpha value is -0.940. The first-order valence-corrected chi connectivity index (χ1v) is 11.2. The number of aryl methyl sites for hydroxylation is 1. The van der Waals surface area contributed by atoms with Gasteiger partial charge in [-0.25, -0.2) is 14.3 Å². The number of para-hydroxylation sites is 1. The topological polar surface area (TPSA) is 44.8 Å². The summed E-state index contributed by atoms with van der Waals surface area (Å²) >= 11 is 18.2. The lowest BCUT2D eigenvalue weighted by atomic mass is 10.1. The molecule has 1 fully saturated rings. The molecule has 2 aromatic rings. The number of anilines is 1. The van der Waals surface area contributed by atoms with Crippen molar-refractivity contribution in [1.29, 1.82) is 0 Å². The Morgan fingerprint density at radius 1 is 1.00 bits per heavy atom. The van der Waals surface area contributed by atoms with Crippen molar-refractivity contribution in [3.8, 4) is 5.75 Å². The van der Waals surface area contributed by atoms with Gasteiger partial charge in [0.05, 0.1) is 15.1 Å². The second kappa shape index (κ2) is 8.60. The number of halogens is 3. The third-order valence-electron chi connectivity index (χ3n) is 4.56. The highest BCUT2D eigenvalue weighted by Gasteiger charge is 2.35. The molecule has 3 rings (SSSR count). The van der Waals surface area contributed by atoms with Gasteiger partial charge >= 0.3 is 7.67 Å². The molecule has 146 valence electrons. The van der Waals surface area contributed by atoms with E-state index in [1.54, 1.807) is 7.05 Å². The predicted octanol–water partition coefficient (Wildman–Crippen LogP) is 5.48. The van der Waals surface area contributed by atoms with E-state index in [-0.39, 0.29) is 10.8 Å². The van der Waals surface area contributed by atoms with Crippen LogP contribution in [-0.2, 0) is 4.57 Å². The van der Waals surface area contributed by atoms with Crippen LogP contribution < -0.4 is 14.5 Å². The number of nitrogens with one attached hydrogen (secondary N) is 1. The maximum Gasteiger partial charge on any atom is 0.393 e. The Bertz CT molecular complexity index is 873. The Kier molecular flexibility index (Phi) is 6.62. The van der Waals surface area contributed by atoms with Crippen molar-refractivity contribution in [3.63, 3.8) is 0 Å². The van der Waals surface area contributed by atoms with E-state index in [1.807, 2.05) is 16.8 Å². The molecule has 0 aromatic heterocycles. The van der Waals surface area contributed by atoms with E-state index in [2.05, 4.69) is 29.0 Å². The third kappa shape index (κ3) is 4.56. The third-order valence-corrected chi connectivity index (χ3v) is 7.74. The maximum absolute atomic E-state index is 13.4. The molecule has 0 aliphatic carbocycles. The highest BCUT2D eigenvalue weighted by Crippen LogP contribution is 2.49. The van der Waals surface area contributed by atoms with Gasteiger partial charge in [0.1, 0.15) is 5.75 Å². The summed E-state index contributed by atoms with van der Waals surface area (Å²) in [6.45, 7) is 4.76. The van der Waals surface area contributed by atoms with Gasteiger partial charge in [0, 0.05) is 37.9 Å². The molecule has 1 aliphatic rings. The largest absolute Gasteiger partial charge is 0.420 e. The average molecular weight is 449 g/mol. The molecule has 2 aromatic carbocycles. The molecule has 0 saturated carbocycles. The molecule has 0 bridgehead atoms. The number of hydrogen-bond acceptors (Lipinski definition) is 3. The molecule has 0 amide bonds. The van der Waals surface area contributed by atoms with Crippen molar-refractivity contribution in [1.82, 2.24) is 9.76 Å². The molecule has 0 radical (unpaired) electrons. The van der Waals surface area contributed by atoms with E-state index in [9.17, 15) is 4.57 Å². The normalized spacial score (nSPS) is 17.6. The van der Waals surface area contributed by atoms with Crippen LogP contribution in [0.3, 0.4) is 0 Å². The fraction of sp³-hybridized carbons (Fsp3) is 0.333. The summed E-state index contributed by atoms with van der Waals surface area (Å²) < 4.78 is 21.0. The lowest BCUT2D eigenvalue weighted by Gasteiger charge is -2.39. The summed E-state index contributed by atoms with van der Waals surface area (Å²) in [5.41, 5.74) is 2.42. The van der Waals surface area contributed by atoms with Gasteiger partial charge in [-0.15, -0.1) is 0 Å². The molecule has 0 spiro atoms. The molecule has 0 unspecified atom stereocenters. The summed E-state index contributed by atoms with van der Waals surface area (Å²) in [5, 5.41) is 3.71. The standard InChI is InChI=1S/C18H21Cl3N3O2P/c1-13-5-3-4-6-17(13)23-7-9-24(10-8-23)27(25,22-2)26-18-12-15(20)14(19)11-16(18)21/h3-6,11-12H,7-10H2,1-2H3,(H,22,25)/t27-/m1/s1. The van der Waals surface area contributed by atoms with E-state index in [1.165, 1.54) is 23.4 Å². The van der Waals surface area contributed by atoms with Crippen molar-refractivity contribution in [3.05, 3.63) is 57.0 Å². The lowest BCUT2D eigenvalue weighted by molar-refractivity contribution is 0.327. The van der Waals surface area contributed by atoms with E-state index < -0.39 is 7.67 Å². The zero-order valence-electron chi connectivity index (χ0n) is 15.1. The lowest BCUT2D eigenvalue weighted by Crippen LogP contribution is -2.47. The minimum atomic E-state index is -3.32. The SMILES string of the molecule is CN[P@@](=O)(Oc1cc(Cl)c(Cl)cc1Cl)N1CCN(c2ccccc2C)CC1. The first kappa shape index (κ1) is 20.8. The quantitative estimate of drug-likeness (QED) is 0.484. The summed E-state index contributed by atoms with van der Waals surface area (Å²) in [5.74, 6) is 0.241. The van der Waals surface area contributed by atoms with Crippen molar-refractivity contribution in [2.24, 2.45) is 0 Å². The molecular weight excluding hydrogens is 428 g/mol. The summed E-state index contributed by atoms with van der Waals surface area (Å²) in [7, 11) is -1.71. The van der Waals surface area contributed by atoms with E-state index in [0.29, 0.717) is 23.1 Å². The highest BCUT2D eigenvalue weighted by atomic mass is 35.5. The van der Waals surface area contributed by atoms with Gasteiger partial charge < -0.3 is 9.42 Å². The van der Waals surface area contributed by atoms with Crippen LogP contribution in [0.15, 0.2) is 36.4 Å². The summed E-state index contributed by atoms with van der Waals surface area (Å²) in [4.78, 5) is 2.29. The zero-order chi connectivity index (χ0) is 19.6. The van der Waals surface area contributed by atoms with Crippen LogP contribution in [0.1, 0.15) is 5.56 Å². The summed E-state index contributed by atoms with van der Waals surface area (Å²) in [6, 6.07) is 11.2. The van der Waals surface area contributed by atoms with Crippen molar-refractivity contribution in [2.75, 3.05) is 38.1 Å². The predicted molar refractivity (Wildman–Crippen MR) is 114 cm³/mol. The summed E-state index contributed by atoms with van der Waals surface area (Å²) in [6.07, 6.45) is 0. The Labute approximate surface area is 174 Å². The van der Waals surface area contributed by atoms with Gasteiger partial charge in [-0.2, -0.15) is 0 Å². The fourth-order valence-corrected chi connectivity index (χ4v) is 5.31. The van der Waals surface area contributed by atoms with E-state index >= 15 is 0 Å². The van der Waals surface area contributed by atoms with Crippen LogP contribution in [-0.4, -0.2) is 37.9 Å². The van der Waals surface area contributed by atoms with Gasteiger partial charge in [-0.05, 0) is 31.7 Å². The molecule has 1 saturated heterocycles. The fourth-order valence-electron chi connectivity index (χ4n) is 3.07. The number of piperazine rings is 1. The van der Waals surface area contributed by atoms with Crippen LogP contribution in [0.4, 0.5) is 5.69 Å². The minimum Gasteiger partial charge on any atom is -0.420 e. The first-order valence-electron chi connectivity index (χ1n) is 8.53. The zero-order valence-corrected chi connectivity index (χ0v) is 18.2. The Balaban J connectivity index is 1.74. The number of rotatable bonds is 5. The van der Waals surface area contributed by atoms with Crippen LogP contribution >= 0.6 is 42.5 Å². The van der Waals surface area contributed by atoms with Gasteiger partial charge in [0.2, 0.25) is 0 Å². The first-order chi connectivity index (χ1) is 12.8. The van der Waals surface area contributed by atoms with Crippen molar-refractivity contribution >= 4 is 48.2 Å². The molecule has 1 atom stereocenters. The Morgan fingerprint density at radius 2 is 1.63 bits per heavy atom. The monoisotopic (exact) mass is 447 g/mol. The van der Waals surface area contributed by atoms with Crippen molar-refractivity contribution in [2.45, 2.75) is 6.92 Å². The molecule has 27 heavy (non-hydrogen) atoms. The molecule has 9 heteroatoms. The van der Waals surface area contributed by atoms with Gasteiger partial charge in [-0.1, -0.05) is 53.0 Å². The second-order valence-corrected chi connectivity index (χ2v) is 9.72. The van der Waals surface area contributed by atoms with Crippen LogP contribution in [0.25, 0.3) is 0 Å². The molecular formula is C18H21Cl3N3O2P.